The average Bonchev–Trinajstić information content (AvgIpc) is 2.73. The van der Waals surface area contributed by atoms with Gasteiger partial charge < -0.3 is 5.32 Å². The molecule has 0 saturated heterocycles. The maximum atomic E-state index is 3.64. The lowest BCUT2D eigenvalue weighted by Gasteiger charge is -2.12. The third-order valence-electron chi connectivity index (χ3n) is 3.33. The normalized spacial score (nSPS) is 12.8. The number of thiophene rings is 1. The summed E-state index contributed by atoms with van der Waals surface area (Å²) in [6.07, 6.45) is 9.47. The molecule has 2 heteroatoms. The zero-order valence-corrected chi connectivity index (χ0v) is 13.1. The minimum absolute atomic E-state index is 0.610. The van der Waals surface area contributed by atoms with Crippen molar-refractivity contribution >= 4 is 11.3 Å². The monoisotopic (exact) mass is 267 g/mol. The highest BCUT2D eigenvalue weighted by Crippen LogP contribution is 2.16. The van der Waals surface area contributed by atoms with E-state index in [0.717, 1.165) is 0 Å². The summed E-state index contributed by atoms with van der Waals surface area (Å²) in [7, 11) is 0. The molecule has 0 aliphatic heterocycles. The van der Waals surface area contributed by atoms with E-state index in [1.165, 1.54) is 61.2 Å². The van der Waals surface area contributed by atoms with Crippen LogP contribution in [0.25, 0.3) is 0 Å². The van der Waals surface area contributed by atoms with Gasteiger partial charge in [0, 0.05) is 15.8 Å². The van der Waals surface area contributed by atoms with E-state index in [2.05, 4.69) is 38.2 Å². The molecule has 1 atom stereocenters. The Hall–Kier alpha value is -0.340. The van der Waals surface area contributed by atoms with Gasteiger partial charge in [0.05, 0.1) is 0 Å². The predicted molar refractivity (Wildman–Crippen MR) is 83.6 cm³/mol. The Morgan fingerprint density at radius 2 is 1.83 bits per heavy atom. The van der Waals surface area contributed by atoms with Gasteiger partial charge >= 0.3 is 0 Å². The van der Waals surface area contributed by atoms with Crippen LogP contribution in [0.4, 0.5) is 0 Å². The molecular formula is C16H29NS. The Balaban J connectivity index is 1.98. The van der Waals surface area contributed by atoms with Crippen LogP contribution in [0.15, 0.2) is 12.1 Å². The van der Waals surface area contributed by atoms with Gasteiger partial charge in [0.25, 0.3) is 0 Å². The smallest absolute Gasteiger partial charge is 0.00870 e. The molecule has 0 aromatic carbocycles. The zero-order chi connectivity index (χ0) is 13.2. The molecule has 1 rings (SSSR count). The first kappa shape index (κ1) is 15.7. The third kappa shape index (κ3) is 7.17. The maximum absolute atomic E-state index is 3.64. The molecule has 1 nitrogen and oxygen atoms in total. The van der Waals surface area contributed by atoms with Crippen LogP contribution >= 0.6 is 11.3 Å². The quantitative estimate of drug-likeness (QED) is 0.592. The summed E-state index contributed by atoms with van der Waals surface area (Å²) in [5.41, 5.74) is 0. The van der Waals surface area contributed by atoms with Gasteiger partial charge in [-0.05, 0) is 45.4 Å². The fourth-order valence-electron chi connectivity index (χ4n) is 2.22. The number of nitrogens with one attached hydrogen (secondary N) is 1. The van der Waals surface area contributed by atoms with Gasteiger partial charge in [0.1, 0.15) is 0 Å². The largest absolute Gasteiger partial charge is 0.314 e. The maximum Gasteiger partial charge on any atom is 0.00870 e. The van der Waals surface area contributed by atoms with Crippen molar-refractivity contribution in [2.24, 2.45) is 0 Å². The molecule has 1 aromatic heterocycles. The molecule has 18 heavy (non-hydrogen) atoms. The van der Waals surface area contributed by atoms with E-state index in [1.807, 2.05) is 11.3 Å². The van der Waals surface area contributed by atoms with E-state index in [1.54, 1.807) is 0 Å². The Kier molecular flexibility index (Phi) is 8.36. The standard InChI is InChI=1S/C16H29NS/c1-4-5-6-7-8-9-12-17-14(2)13-16-11-10-15(3)18-16/h10-11,14,17H,4-9,12-13H2,1-3H3. The summed E-state index contributed by atoms with van der Waals surface area (Å²) in [6.45, 7) is 7.93. The van der Waals surface area contributed by atoms with Gasteiger partial charge in [0.2, 0.25) is 0 Å². The molecular weight excluding hydrogens is 238 g/mol. The number of aryl methyl sites for hydroxylation is 1. The Morgan fingerprint density at radius 1 is 1.11 bits per heavy atom. The molecule has 0 spiro atoms. The predicted octanol–water partition coefficient (Wildman–Crippen LogP) is 4.94. The topological polar surface area (TPSA) is 12.0 Å². The summed E-state index contributed by atoms with van der Waals surface area (Å²) in [5, 5.41) is 3.64. The Bertz CT molecular complexity index is 306. The Labute approximate surface area is 117 Å². The molecule has 0 radical (unpaired) electrons. The van der Waals surface area contributed by atoms with Crippen molar-refractivity contribution in [2.45, 2.75) is 71.8 Å². The first-order valence-corrected chi connectivity index (χ1v) is 8.32. The van der Waals surface area contributed by atoms with E-state index in [9.17, 15) is 0 Å². The molecule has 1 unspecified atom stereocenters. The van der Waals surface area contributed by atoms with Crippen LogP contribution in [0.3, 0.4) is 0 Å². The molecule has 0 fully saturated rings. The first-order chi connectivity index (χ1) is 8.72. The van der Waals surface area contributed by atoms with Crippen molar-refractivity contribution in [2.75, 3.05) is 6.54 Å². The summed E-state index contributed by atoms with van der Waals surface area (Å²) in [5.74, 6) is 0. The van der Waals surface area contributed by atoms with Gasteiger partial charge in [-0.15, -0.1) is 11.3 Å². The molecule has 0 aliphatic rings. The number of hydrogen-bond donors (Lipinski definition) is 1. The summed E-state index contributed by atoms with van der Waals surface area (Å²) >= 11 is 1.93. The van der Waals surface area contributed by atoms with Crippen LogP contribution < -0.4 is 5.32 Å². The lowest BCUT2D eigenvalue weighted by molar-refractivity contribution is 0.513. The van der Waals surface area contributed by atoms with Crippen LogP contribution in [-0.2, 0) is 6.42 Å². The van der Waals surface area contributed by atoms with E-state index in [-0.39, 0.29) is 0 Å². The van der Waals surface area contributed by atoms with Gasteiger partial charge in [-0.3, -0.25) is 0 Å². The van der Waals surface area contributed by atoms with E-state index < -0.39 is 0 Å². The third-order valence-corrected chi connectivity index (χ3v) is 4.35. The van der Waals surface area contributed by atoms with Crippen LogP contribution in [-0.4, -0.2) is 12.6 Å². The zero-order valence-electron chi connectivity index (χ0n) is 12.3. The number of rotatable bonds is 10. The van der Waals surface area contributed by atoms with Crippen LogP contribution in [0, 0.1) is 6.92 Å². The first-order valence-electron chi connectivity index (χ1n) is 7.51. The van der Waals surface area contributed by atoms with Crippen molar-refractivity contribution in [3.05, 3.63) is 21.9 Å². The van der Waals surface area contributed by atoms with Gasteiger partial charge in [-0.25, -0.2) is 0 Å². The number of unbranched alkanes of at least 4 members (excludes halogenated alkanes) is 5. The minimum atomic E-state index is 0.610. The van der Waals surface area contributed by atoms with Crippen LogP contribution in [0.1, 0.15) is 62.1 Å². The summed E-state index contributed by atoms with van der Waals surface area (Å²) in [6, 6.07) is 5.10. The second-order valence-electron chi connectivity index (χ2n) is 5.34. The molecule has 0 saturated carbocycles. The molecule has 104 valence electrons. The van der Waals surface area contributed by atoms with Crippen molar-refractivity contribution in [3.8, 4) is 0 Å². The van der Waals surface area contributed by atoms with Crippen molar-refractivity contribution in [1.29, 1.82) is 0 Å². The van der Waals surface area contributed by atoms with Gasteiger partial charge in [-0.1, -0.05) is 39.0 Å². The Morgan fingerprint density at radius 3 is 2.50 bits per heavy atom. The fraction of sp³-hybridized carbons (Fsp3) is 0.750. The van der Waals surface area contributed by atoms with Crippen molar-refractivity contribution in [3.63, 3.8) is 0 Å². The molecule has 0 amide bonds. The number of hydrogen-bond acceptors (Lipinski definition) is 2. The van der Waals surface area contributed by atoms with E-state index >= 15 is 0 Å². The molecule has 1 N–H and O–H groups in total. The lowest BCUT2D eigenvalue weighted by Crippen LogP contribution is -2.28. The van der Waals surface area contributed by atoms with Crippen LogP contribution in [0.5, 0.6) is 0 Å². The molecule has 1 aromatic rings. The SMILES string of the molecule is CCCCCCCCNC(C)Cc1ccc(C)s1. The van der Waals surface area contributed by atoms with Gasteiger partial charge in [-0.2, -0.15) is 0 Å². The average molecular weight is 267 g/mol. The lowest BCUT2D eigenvalue weighted by atomic mass is 10.1. The van der Waals surface area contributed by atoms with E-state index in [4.69, 9.17) is 0 Å². The molecule has 0 bridgehead atoms. The minimum Gasteiger partial charge on any atom is -0.314 e. The highest BCUT2D eigenvalue weighted by molar-refractivity contribution is 7.11. The highest BCUT2D eigenvalue weighted by atomic mass is 32.1. The summed E-state index contributed by atoms with van der Waals surface area (Å²) < 4.78 is 0. The van der Waals surface area contributed by atoms with Crippen molar-refractivity contribution in [1.82, 2.24) is 5.32 Å². The molecule has 0 aliphatic carbocycles. The summed E-state index contributed by atoms with van der Waals surface area (Å²) in [4.78, 5) is 2.93. The highest BCUT2D eigenvalue weighted by Gasteiger charge is 2.04. The second kappa shape index (κ2) is 9.57. The van der Waals surface area contributed by atoms with E-state index in [0.29, 0.717) is 6.04 Å². The van der Waals surface area contributed by atoms with Gasteiger partial charge in [0.15, 0.2) is 0 Å². The van der Waals surface area contributed by atoms with Crippen molar-refractivity contribution < 1.29 is 0 Å². The second-order valence-corrected chi connectivity index (χ2v) is 6.71. The fourth-order valence-corrected chi connectivity index (χ4v) is 3.24. The van der Waals surface area contributed by atoms with Crippen LogP contribution in [0.2, 0.25) is 0 Å². The molecule has 1 heterocycles.